The van der Waals surface area contributed by atoms with Crippen LogP contribution in [0.4, 0.5) is 5.69 Å². The summed E-state index contributed by atoms with van der Waals surface area (Å²) in [5.41, 5.74) is 3.35. The number of carbonyl (C=O) groups excluding carboxylic acids is 2. The minimum absolute atomic E-state index is 0.0161. The molecule has 0 atom stereocenters. The van der Waals surface area contributed by atoms with Crippen molar-refractivity contribution in [3.63, 3.8) is 0 Å². The number of nitrogens with one attached hydrogen (secondary N) is 1. The molecule has 0 spiro atoms. The lowest BCUT2D eigenvalue weighted by molar-refractivity contribution is -0.116. The van der Waals surface area contributed by atoms with Gasteiger partial charge in [-0.25, -0.2) is 0 Å². The molecule has 1 N–H and O–H groups in total. The summed E-state index contributed by atoms with van der Waals surface area (Å²) in [6, 6.07) is 12.9. The summed E-state index contributed by atoms with van der Waals surface area (Å²) >= 11 is 0. The highest BCUT2D eigenvalue weighted by Gasteiger charge is 2.15. The predicted octanol–water partition coefficient (Wildman–Crippen LogP) is 4.05. The fraction of sp³-hybridized carbons (Fsp3) is 0.364. The summed E-state index contributed by atoms with van der Waals surface area (Å²) in [4.78, 5) is 26.2. The van der Waals surface area contributed by atoms with Crippen molar-refractivity contribution in [1.82, 2.24) is 4.90 Å². The molecule has 0 bridgehead atoms. The maximum absolute atomic E-state index is 12.5. The van der Waals surface area contributed by atoms with E-state index in [9.17, 15) is 9.59 Å². The molecule has 0 heterocycles. The van der Waals surface area contributed by atoms with Gasteiger partial charge in [0.05, 0.1) is 13.2 Å². The number of anilines is 1. The average Bonchev–Trinajstić information content (AvgIpc) is 2.62. The van der Waals surface area contributed by atoms with Gasteiger partial charge in [-0.05, 0) is 61.2 Å². The van der Waals surface area contributed by atoms with E-state index in [1.54, 1.807) is 31.3 Å². The lowest BCUT2D eigenvalue weighted by Gasteiger charge is -2.18. The van der Waals surface area contributed by atoms with E-state index in [4.69, 9.17) is 4.74 Å². The van der Waals surface area contributed by atoms with E-state index in [0.717, 1.165) is 22.6 Å². The Morgan fingerprint density at radius 3 is 2.37 bits per heavy atom. The third-order valence-electron chi connectivity index (χ3n) is 4.08. The van der Waals surface area contributed by atoms with Crippen LogP contribution in [0.2, 0.25) is 0 Å². The van der Waals surface area contributed by atoms with Crippen LogP contribution < -0.4 is 10.1 Å². The Labute approximate surface area is 161 Å². The first kappa shape index (κ1) is 20.5. The van der Waals surface area contributed by atoms with Crippen LogP contribution in [-0.2, 0) is 4.79 Å². The van der Waals surface area contributed by atoms with Crippen molar-refractivity contribution in [2.24, 2.45) is 5.92 Å². The topological polar surface area (TPSA) is 58.6 Å². The van der Waals surface area contributed by atoms with Crippen molar-refractivity contribution < 1.29 is 14.3 Å². The van der Waals surface area contributed by atoms with Gasteiger partial charge in [0.2, 0.25) is 5.91 Å². The number of aryl methyl sites for hydroxylation is 2. The Bertz CT molecular complexity index is 798. The van der Waals surface area contributed by atoms with Crippen LogP contribution in [0, 0.1) is 19.8 Å². The highest BCUT2D eigenvalue weighted by Crippen LogP contribution is 2.17. The number of rotatable bonds is 7. The number of hydrogen-bond acceptors (Lipinski definition) is 3. The quantitative estimate of drug-likeness (QED) is 0.802. The van der Waals surface area contributed by atoms with E-state index < -0.39 is 0 Å². The zero-order chi connectivity index (χ0) is 20.0. The number of ether oxygens (including phenoxy) is 1. The molecule has 5 nitrogen and oxygen atoms in total. The van der Waals surface area contributed by atoms with Gasteiger partial charge in [-0.15, -0.1) is 0 Å². The fourth-order valence-electron chi connectivity index (χ4n) is 2.52. The molecule has 0 unspecified atom stereocenters. The standard InChI is InChI=1S/C22H28N2O3/c1-15(2)14-27-19-10-8-18(9-11-19)22(26)24(5)13-21(25)23-20-12-16(3)6-7-17(20)4/h6-12,15H,13-14H2,1-5H3,(H,23,25). The van der Waals surface area contributed by atoms with Crippen LogP contribution in [0.5, 0.6) is 5.75 Å². The second-order valence-electron chi connectivity index (χ2n) is 7.26. The highest BCUT2D eigenvalue weighted by atomic mass is 16.5. The molecule has 0 radical (unpaired) electrons. The second kappa shape index (κ2) is 9.21. The van der Waals surface area contributed by atoms with E-state index in [2.05, 4.69) is 19.2 Å². The van der Waals surface area contributed by atoms with Crippen molar-refractivity contribution in [3.8, 4) is 5.75 Å². The van der Waals surface area contributed by atoms with Crippen LogP contribution in [0.3, 0.4) is 0 Å². The SMILES string of the molecule is Cc1ccc(C)c(NC(=O)CN(C)C(=O)c2ccc(OCC(C)C)cc2)c1. The Morgan fingerprint density at radius 2 is 1.74 bits per heavy atom. The number of likely N-dealkylation sites (N-methyl/N-ethyl adjacent to an activating group) is 1. The van der Waals surface area contributed by atoms with Crippen LogP contribution in [-0.4, -0.2) is 36.9 Å². The van der Waals surface area contributed by atoms with Crippen LogP contribution in [0.1, 0.15) is 35.3 Å². The maximum atomic E-state index is 12.5. The van der Waals surface area contributed by atoms with Crippen molar-refractivity contribution in [1.29, 1.82) is 0 Å². The largest absolute Gasteiger partial charge is 0.493 e. The van der Waals surface area contributed by atoms with Crippen molar-refractivity contribution in [2.45, 2.75) is 27.7 Å². The summed E-state index contributed by atoms with van der Waals surface area (Å²) in [6.07, 6.45) is 0. The lowest BCUT2D eigenvalue weighted by atomic mass is 10.1. The zero-order valence-corrected chi connectivity index (χ0v) is 16.7. The van der Waals surface area contributed by atoms with Gasteiger partial charge in [-0.2, -0.15) is 0 Å². The van der Waals surface area contributed by atoms with Gasteiger partial charge in [0.25, 0.3) is 5.91 Å². The van der Waals surface area contributed by atoms with Gasteiger partial charge < -0.3 is 15.0 Å². The van der Waals surface area contributed by atoms with Gasteiger partial charge in [-0.1, -0.05) is 26.0 Å². The Hall–Kier alpha value is -2.82. The number of carbonyl (C=O) groups is 2. The minimum atomic E-state index is -0.226. The van der Waals surface area contributed by atoms with E-state index >= 15 is 0 Å². The highest BCUT2D eigenvalue weighted by molar-refractivity contribution is 5.99. The maximum Gasteiger partial charge on any atom is 0.254 e. The predicted molar refractivity (Wildman–Crippen MR) is 108 cm³/mol. The van der Waals surface area contributed by atoms with Gasteiger partial charge in [0, 0.05) is 18.3 Å². The number of nitrogens with zero attached hydrogens (tertiary/aromatic N) is 1. The monoisotopic (exact) mass is 368 g/mol. The van der Waals surface area contributed by atoms with Crippen molar-refractivity contribution in [3.05, 3.63) is 59.2 Å². The fourth-order valence-corrected chi connectivity index (χ4v) is 2.52. The van der Waals surface area contributed by atoms with Crippen LogP contribution >= 0.6 is 0 Å². The van der Waals surface area contributed by atoms with E-state index in [1.807, 2.05) is 32.0 Å². The number of benzene rings is 2. The van der Waals surface area contributed by atoms with Crippen LogP contribution in [0.15, 0.2) is 42.5 Å². The molecular weight excluding hydrogens is 340 g/mol. The first-order valence-electron chi connectivity index (χ1n) is 9.11. The number of hydrogen-bond donors (Lipinski definition) is 1. The van der Waals surface area contributed by atoms with E-state index in [0.29, 0.717) is 18.1 Å². The molecule has 2 aromatic rings. The zero-order valence-electron chi connectivity index (χ0n) is 16.7. The smallest absolute Gasteiger partial charge is 0.254 e. The molecule has 144 valence electrons. The molecule has 5 heteroatoms. The van der Waals surface area contributed by atoms with E-state index in [1.165, 1.54) is 4.90 Å². The van der Waals surface area contributed by atoms with Gasteiger partial charge in [0.15, 0.2) is 0 Å². The minimum Gasteiger partial charge on any atom is -0.493 e. The summed E-state index contributed by atoms with van der Waals surface area (Å²) < 4.78 is 5.63. The molecule has 0 aliphatic rings. The van der Waals surface area contributed by atoms with Crippen molar-refractivity contribution in [2.75, 3.05) is 25.5 Å². The molecule has 27 heavy (non-hydrogen) atoms. The van der Waals surface area contributed by atoms with Gasteiger partial charge in [-0.3, -0.25) is 9.59 Å². The first-order chi connectivity index (χ1) is 12.8. The molecule has 0 aliphatic heterocycles. The lowest BCUT2D eigenvalue weighted by Crippen LogP contribution is -2.35. The molecule has 2 rings (SSSR count). The molecule has 0 aromatic heterocycles. The van der Waals surface area contributed by atoms with Gasteiger partial charge in [0.1, 0.15) is 5.75 Å². The second-order valence-corrected chi connectivity index (χ2v) is 7.26. The number of amides is 2. The van der Waals surface area contributed by atoms with E-state index in [-0.39, 0.29) is 18.4 Å². The molecule has 2 amide bonds. The van der Waals surface area contributed by atoms with Gasteiger partial charge >= 0.3 is 0 Å². The molecule has 0 aliphatic carbocycles. The van der Waals surface area contributed by atoms with Crippen molar-refractivity contribution >= 4 is 17.5 Å². The molecular formula is C22H28N2O3. The first-order valence-corrected chi connectivity index (χ1v) is 9.11. The summed E-state index contributed by atoms with van der Waals surface area (Å²) in [6.45, 7) is 8.68. The summed E-state index contributed by atoms with van der Waals surface area (Å²) in [7, 11) is 1.62. The average molecular weight is 368 g/mol. The molecule has 0 saturated heterocycles. The normalized spacial score (nSPS) is 10.6. The summed E-state index contributed by atoms with van der Waals surface area (Å²) in [5.74, 6) is 0.738. The Balaban J connectivity index is 1.94. The molecule has 0 saturated carbocycles. The van der Waals surface area contributed by atoms with Crippen LogP contribution in [0.25, 0.3) is 0 Å². The molecule has 2 aromatic carbocycles. The summed E-state index contributed by atoms with van der Waals surface area (Å²) in [5, 5.41) is 2.87. The third-order valence-corrected chi connectivity index (χ3v) is 4.08. The Morgan fingerprint density at radius 1 is 1.07 bits per heavy atom. The Kier molecular flexibility index (Phi) is 6.99. The third kappa shape index (κ3) is 6.13. The molecule has 0 fully saturated rings.